The highest BCUT2D eigenvalue weighted by Gasteiger charge is 2.31. The average Bonchev–Trinajstić information content (AvgIpc) is 3.31. The molecule has 2 unspecified atom stereocenters. The first-order valence-electron chi connectivity index (χ1n) is 12.7. The van der Waals surface area contributed by atoms with Crippen LogP contribution in [0.3, 0.4) is 0 Å². The van der Waals surface area contributed by atoms with Crippen molar-refractivity contribution in [1.82, 2.24) is 0 Å². The summed E-state index contributed by atoms with van der Waals surface area (Å²) in [6, 6.07) is 14.4. The van der Waals surface area contributed by atoms with E-state index in [4.69, 9.17) is 9.47 Å². The molecule has 2 aromatic carbocycles. The lowest BCUT2D eigenvalue weighted by atomic mass is 9.73. The predicted molar refractivity (Wildman–Crippen MR) is 136 cm³/mol. The predicted octanol–water partition coefficient (Wildman–Crippen LogP) is 8.79. The van der Waals surface area contributed by atoms with E-state index in [0.717, 1.165) is 46.6 Å². The van der Waals surface area contributed by atoms with Crippen LogP contribution < -0.4 is 4.74 Å². The third kappa shape index (κ3) is 4.83. The Bertz CT molecular complexity index is 1060. The zero-order chi connectivity index (χ0) is 22.8. The van der Waals surface area contributed by atoms with E-state index in [1.165, 1.54) is 55.4 Å². The molecule has 176 valence electrons. The molecule has 2 aliphatic rings. The first-order chi connectivity index (χ1) is 16.2. The second-order valence-electron chi connectivity index (χ2n) is 9.81. The maximum atomic E-state index is 14.8. The number of fused-ring (bicyclic) bond motifs is 1. The summed E-state index contributed by atoms with van der Waals surface area (Å²) in [7, 11) is 0. The van der Waals surface area contributed by atoms with E-state index in [1.807, 2.05) is 13.0 Å². The SMILES string of the molecule is CCOc1ccc2cc(-c3ccc(C4CCC(C5CCC(CC)CC5)CO4)cc3)sc2c1F. The summed E-state index contributed by atoms with van der Waals surface area (Å²) in [5.74, 6) is 2.65. The van der Waals surface area contributed by atoms with Crippen LogP contribution in [0.25, 0.3) is 20.5 Å². The molecule has 1 aliphatic carbocycles. The van der Waals surface area contributed by atoms with Gasteiger partial charge in [-0.1, -0.05) is 50.5 Å². The van der Waals surface area contributed by atoms with E-state index >= 15 is 0 Å². The Morgan fingerprint density at radius 1 is 0.939 bits per heavy atom. The van der Waals surface area contributed by atoms with E-state index in [1.54, 1.807) is 6.07 Å². The second kappa shape index (κ2) is 10.1. The quantitative estimate of drug-likeness (QED) is 0.361. The van der Waals surface area contributed by atoms with Crippen molar-refractivity contribution < 1.29 is 13.9 Å². The fraction of sp³-hybridized carbons (Fsp3) is 0.517. The summed E-state index contributed by atoms with van der Waals surface area (Å²) in [6.07, 6.45) is 9.57. The molecule has 1 saturated heterocycles. The maximum Gasteiger partial charge on any atom is 0.182 e. The lowest BCUT2D eigenvalue weighted by Crippen LogP contribution is -2.29. The average molecular weight is 467 g/mol. The van der Waals surface area contributed by atoms with Gasteiger partial charge in [-0.3, -0.25) is 0 Å². The van der Waals surface area contributed by atoms with Gasteiger partial charge in [-0.25, -0.2) is 4.39 Å². The second-order valence-corrected chi connectivity index (χ2v) is 10.9. The van der Waals surface area contributed by atoms with E-state index in [-0.39, 0.29) is 11.9 Å². The summed E-state index contributed by atoms with van der Waals surface area (Å²) < 4.78 is 27.2. The molecule has 5 rings (SSSR count). The standard InChI is InChI=1S/C29H35FO2S/c1-3-19-5-7-20(8-6-19)24-14-15-25(32-18-24)21-9-11-22(12-10-21)27-17-23-13-16-26(31-4-2)28(30)29(23)33-27/h9-13,16-17,19-20,24-25H,3-8,14-15,18H2,1-2H3. The number of thiophene rings is 1. The van der Waals surface area contributed by atoms with E-state index in [9.17, 15) is 4.39 Å². The van der Waals surface area contributed by atoms with Crippen molar-refractivity contribution in [3.8, 4) is 16.2 Å². The van der Waals surface area contributed by atoms with Gasteiger partial charge in [0.15, 0.2) is 11.6 Å². The highest BCUT2D eigenvalue weighted by Crippen LogP contribution is 2.42. The summed E-state index contributed by atoms with van der Waals surface area (Å²) in [5, 5.41) is 0.926. The molecule has 1 aromatic heterocycles. The lowest BCUT2D eigenvalue weighted by Gasteiger charge is -2.37. The number of hydrogen-bond donors (Lipinski definition) is 0. The summed E-state index contributed by atoms with van der Waals surface area (Å²) in [5.41, 5.74) is 2.39. The van der Waals surface area contributed by atoms with Crippen molar-refractivity contribution in [2.45, 2.75) is 64.9 Å². The van der Waals surface area contributed by atoms with Crippen LogP contribution in [0.5, 0.6) is 5.75 Å². The zero-order valence-corrected chi connectivity index (χ0v) is 20.6. The van der Waals surface area contributed by atoms with Crippen LogP contribution in [-0.2, 0) is 4.74 Å². The minimum atomic E-state index is -0.254. The van der Waals surface area contributed by atoms with Gasteiger partial charge in [0.2, 0.25) is 0 Å². The zero-order valence-electron chi connectivity index (χ0n) is 19.8. The molecule has 1 saturated carbocycles. The van der Waals surface area contributed by atoms with Gasteiger partial charge >= 0.3 is 0 Å². The van der Waals surface area contributed by atoms with Crippen molar-refractivity contribution in [3.63, 3.8) is 0 Å². The Labute approximate surface area is 201 Å². The van der Waals surface area contributed by atoms with Crippen LogP contribution in [0.2, 0.25) is 0 Å². The van der Waals surface area contributed by atoms with Gasteiger partial charge in [-0.15, -0.1) is 11.3 Å². The minimum absolute atomic E-state index is 0.205. The molecule has 2 nitrogen and oxygen atoms in total. The highest BCUT2D eigenvalue weighted by molar-refractivity contribution is 7.22. The van der Waals surface area contributed by atoms with Crippen molar-refractivity contribution >= 4 is 21.4 Å². The third-order valence-electron chi connectivity index (χ3n) is 7.90. The van der Waals surface area contributed by atoms with Crippen LogP contribution in [0.15, 0.2) is 42.5 Å². The van der Waals surface area contributed by atoms with Gasteiger partial charge in [0.05, 0.1) is 24.0 Å². The molecule has 2 heterocycles. The van der Waals surface area contributed by atoms with Gasteiger partial charge < -0.3 is 9.47 Å². The minimum Gasteiger partial charge on any atom is -0.491 e. The maximum absolute atomic E-state index is 14.8. The van der Waals surface area contributed by atoms with Crippen molar-refractivity contribution in [2.24, 2.45) is 17.8 Å². The lowest BCUT2D eigenvalue weighted by molar-refractivity contribution is -0.0403. The Morgan fingerprint density at radius 2 is 1.70 bits per heavy atom. The van der Waals surface area contributed by atoms with Crippen molar-refractivity contribution in [3.05, 3.63) is 53.8 Å². The van der Waals surface area contributed by atoms with Crippen LogP contribution >= 0.6 is 11.3 Å². The number of hydrogen-bond acceptors (Lipinski definition) is 3. The molecule has 2 fully saturated rings. The van der Waals surface area contributed by atoms with Gasteiger partial charge in [0.1, 0.15) is 0 Å². The van der Waals surface area contributed by atoms with Gasteiger partial charge in [0.25, 0.3) is 0 Å². The third-order valence-corrected chi connectivity index (χ3v) is 9.10. The van der Waals surface area contributed by atoms with E-state index < -0.39 is 0 Å². The molecule has 0 spiro atoms. The van der Waals surface area contributed by atoms with Crippen LogP contribution in [-0.4, -0.2) is 13.2 Å². The Balaban J connectivity index is 1.23. The Kier molecular flexibility index (Phi) is 7.03. The smallest absolute Gasteiger partial charge is 0.182 e. The molecule has 0 amide bonds. The summed E-state index contributed by atoms with van der Waals surface area (Å²) >= 11 is 1.49. The monoisotopic (exact) mass is 466 g/mol. The molecular formula is C29H35FO2S. The van der Waals surface area contributed by atoms with Crippen molar-refractivity contribution in [2.75, 3.05) is 13.2 Å². The molecule has 33 heavy (non-hydrogen) atoms. The molecule has 2 atom stereocenters. The number of ether oxygens (including phenoxy) is 2. The first kappa shape index (κ1) is 22.9. The fourth-order valence-corrected chi connectivity index (χ4v) is 6.89. The molecule has 0 bridgehead atoms. The van der Waals surface area contributed by atoms with Gasteiger partial charge in [-0.05, 0) is 85.1 Å². The van der Waals surface area contributed by atoms with Gasteiger partial charge in [-0.2, -0.15) is 0 Å². The first-order valence-corrected chi connectivity index (χ1v) is 13.5. The van der Waals surface area contributed by atoms with E-state index in [0.29, 0.717) is 17.1 Å². The molecule has 0 radical (unpaired) electrons. The Hall–Kier alpha value is -1.91. The van der Waals surface area contributed by atoms with Crippen molar-refractivity contribution in [1.29, 1.82) is 0 Å². The van der Waals surface area contributed by atoms with E-state index in [2.05, 4.69) is 37.3 Å². The van der Waals surface area contributed by atoms with Crippen LogP contribution in [0, 0.1) is 23.6 Å². The number of benzene rings is 2. The molecule has 1 aliphatic heterocycles. The topological polar surface area (TPSA) is 18.5 Å². The summed E-state index contributed by atoms with van der Waals surface area (Å²) in [6.45, 7) is 5.58. The molecular weight excluding hydrogens is 431 g/mol. The Morgan fingerprint density at radius 3 is 2.36 bits per heavy atom. The fourth-order valence-electron chi connectivity index (χ4n) is 5.80. The normalized spacial score (nSPS) is 25.9. The van der Waals surface area contributed by atoms with Crippen LogP contribution in [0.4, 0.5) is 4.39 Å². The molecule has 4 heteroatoms. The molecule has 3 aromatic rings. The number of halogens is 1. The largest absolute Gasteiger partial charge is 0.491 e. The number of rotatable bonds is 6. The van der Waals surface area contributed by atoms with Crippen LogP contribution in [0.1, 0.15) is 70.5 Å². The summed E-state index contributed by atoms with van der Waals surface area (Å²) in [4.78, 5) is 1.08. The van der Waals surface area contributed by atoms with Gasteiger partial charge in [0, 0.05) is 4.88 Å². The molecule has 0 N–H and O–H groups in total. The highest BCUT2D eigenvalue weighted by atomic mass is 32.1.